The van der Waals surface area contributed by atoms with Crippen molar-refractivity contribution in [1.29, 1.82) is 0 Å². The first-order valence-corrected chi connectivity index (χ1v) is 5.02. The molecule has 2 N–H and O–H groups in total. The minimum absolute atomic E-state index is 0.486. The molecule has 1 heterocycles. The molecular weight excluding hydrogens is 186 g/mol. The lowest BCUT2D eigenvalue weighted by Gasteiger charge is -2.05. The van der Waals surface area contributed by atoms with Crippen molar-refractivity contribution in [2.75, 3.05) is 0 Å². The monoisotopic (exact) mass is 201 g/mol. The summed E-state index contributed by atoms with van der Waals surface area (Å²) in [7, 11) is 0. The average Bonchev–Trinajstić information content (AvgIpc) is 2.60. The summed E-state index contributed by atoms with van der Waals surface area (Å²) < 4.78 is 2.06. The molecule has 15 heavy (non-hydrogen) atoms. The Morgan fingerprint density at radius 3 is 2.73 bits per heavy atom. The minimum atomic E-state index is 0.486. The summed E-state index contributed by atoms with van der Waals surface area (Å²) >= 11 is 0. The quantitative estimate of drug-likeness (QED) is 0.807. The van der Waals surface area contributed by atoms with Crippen LogP contribution in [0.4, 0.5) is 0 Å². The predicted molar refractivity (Wildman–Crippen MR) is 60.9 cm³/mol. The number of aryl methyl sites for hydroxylation is 2. The van der Waals surface area contributed by atoms with Gasteiger partial charge in [-0.1, -0.05) is 12.1 Å². The van der Waals surface area contributed by atoms with Crippen LogP contribution in [0.1, 0.15) is 17.1 Å². The first kappa shape index (κ1) is 9.93. The molecule has 1 aromatic carbocycles. The van der Waals surface area contributed by atoms with E-state index in [2.05, 4.69) is 34.7 Å². The van der Waals surface area contributed by atoms with Gasteiger partial charge in [-0.3, -0.25) is 0 Å². The highest BCUT2D eigenvalue weighted by molar-refractivity contribution is 5.37. The first-order valence-electron chi connectivity index (χ1n) is 5.02. The Bertz CT molecular complexity index is 471. The van der Waals surface area contributed by atoms with E-state index in [0.717, 1.165) is 17.2 Å². The smallest absolute Gasteiger partial charge is 0.110 e. The molecular formula is C12H15N3. The third-order valence-electron chi connectivity index (χ3n) is 2.42. The fraction of sp³-hybridized carbons (Fsp3) is 0.250. The normalized spacial score (nSPS) is 10.6. The fourth-order valence-corrected chi connectivity index (χ4v) is 1.67. The van der Waals surface area contributed by atoms with Crippen molar-refractivity contribution < 1.29 is 0 Å². The lowest BCUT2D eigenvalue weighted by atomic mass is 10.2. The summed E-state index contributed by atoms with van der Waals surface area (Å²) in [5.41, 5.74) is 8.87. The van der Waals surface area contributed by atoms with Gasteiger partial charge in [-0.25, -0.2) is 4.98 Å². The molecule has 3 heteroatoms. The van der Waals surface area contributed by atoms with E-state index in [0.29, 0.717) is 6.54 Å². The number of aromatic nitrogens is 2. The van der Waals surface area contributed by atoms with E-state index < -0.39 is 0 Å². The predicted octanol–water partition coefficient (Wildman–Crippen LogP) is 1.95. The molecule has 3 nitrogen and oxygen atoms in total. The number of nitrogens with zero attached hydrogens (tertiary/aromatic N) is 2. The van der Waals surface area contributed by atoms with Gasteiger partial charge in [0.2, 0.25) is 0 Å². The molecule has 0 fully saturated rings. The van der Waals surface area contributed by atoms with Gasteiger partial charge < -0.3 is 10.3 Å². The van der Waals surface area contributed by atoms with E-state index in [1.165, 1.54) is 5.56 Å². The SMILES string of the molecule is Cc1cccc(-n2cc(CN)nc2C)c1. The van der Waals surface area contributed by atoms with Crippen molar-refractivity contribution in [1.82, 2.24) is 9.55 Å². The zero-order chi connectivity index (χ0) is 10.8. The van der Waals surface area contributed by atoms with Crippen LogP contribution in [-0.2, 0) is 6.54 Å². The Kier molecular flexibility index (Phi) is 2.56. The van der Waals surface area contributed by atoms with Crippen molar-refractivity contribution in [3.63, 3.8) is 0 Å². The van der Waals surface area contributed by atoms with Crippen LogP contribution in [-0.4, -0.2) is 9.55 Å². The van der Waals surface area contributed by atoms with Crippen LogP contribution in [0.15, 0.2) is 30.5 Å². The summed E-state index contributed by atoms with van der Waals surface area (Å²) in [5, 5.41) is 0. The topological polar surface area (TPSA) is 43.8 Å². The van der Waals surface area contributed by atoms with Gasteiger partial charge >= 0.3 is 0 Å². The van der Waals surface area contributed by atoms with Crippen LogP contribution >= 0.6 is 0 Å². The number of hydrogen-bond donors (Lipinski definition) is 1. The third-order valence-corrected chi connectivity index (χ3v) is 2.42. The first-order chi connectivity index (χ1) is 7.20. The van der Waals surface area contributed by atoms with Gasteiger partial charge in [-0.2, -0.15) is 0 Å². The Morgan fingerprint density at radius 2 is 2.13 bits per heavy atom. The summed E-state index contributed by atoms with van der Waals surface area (Å²) in [6.45, 7) is 4.56. The van der Waals surface area contributed by atoms with Crippen molar-refractivity contribution in [3.8, 4) is 5.69 Å². The van der Waals surface area contributed by atoms with E-state index in [1.807, 2.05) is 19.2 Å². The molecule has 0 saturated carbocycles. The van der Waals surface area contributed by atoms with Crippen LogP contribution < -0.4 is 5.73 Å². The Hall–Kier alpha value is -1.61. The highest BCUT2D eigenvalue weighted by atomic mass is 15.1. The Balaban J connectivity index is 2.48. The van der Waals surface area contributed by atoms with E-state index in [4.69, 9.17) is 5.73 Å². The van der Waals surface area contributed by atoms with Crippen LogP contribution in [0, 0.1) is 13.8 Å². The number of rotatable bonds is 2. The second-order valence-corrected chi connectivity index (χ2v) is 3.69. The van der Waals surface area contributed by atoms with Gasteiger partial charge in [0.25, 0.3) is 0 Å². The highest BCUT2D eigenvalue weighted by Crippen LogP contribution is 2.13. The zero-order valence-corrected chi connectivity index (χ0v) is 9.07. The second kappa shape index (κ2) is 3.87. The summed E-state index contributed by atoms with van der Waals surface area (Å²) in [4.78, 5) is 4.37. The molecule has 0 atom stereocenters. The lowest BCUT2D eigenvalue weighted by molar-refractivity contribution is 0.967. The van der Waals surface area contributed by atoms with Gasteiger partial charge in [-0.05, 0) is 31.5 Å². The van der Waals surface area contributed by atoms with E-state index in [-0.39, 0.29) is 0 Å². The maximum absolute atomic E-state index is 5.56. The van der Waals surface area contributed by atoms with E-state index in [1.54, 1.807) is 0 Å². The number of hydrogen-bond acceptors (Lipinski definition) is 2. The zero-order valence-electron chi connectivity index (χ0n) is 9.07. The van der Waals surface area contributed by atoms with Crippen LogP contribution in [0.2, 0.25) is 0 Å². The maximum atomic E-state index is 5.56. The minimum Gasteiger partial charge on any atom is -0.325 e. The van der Waals surface area contributed by atoms with E-state index in [9.17, 15) is 0 Å². The number of nitrogens with two attached hydrogens (primary N) is 1. The third kappa shape index (κ3) is 1.92. The molecule has 0 bridgehead atoms. The van der Waals surface area contributed by atoms with Crippen LogP contribution in [0.25, 0.3) is 5.69 Å². The Morgan fingerprint density at radius 1 is 1.33 bits per heavy atom. The van der Waals surface area contributed by atoms with Crippen molar-refractivity contribution in [2.24, 2.45) is 5.73 Å². The second-order valence-electron chi connectivity index (χ2n) is 3.69. The highest BCUT2D eigenvalue weighted by Gasteiger charge is 2.04. The lowest BCUT2D eigenvalue weighted by Crippen LogP contribution is -1.96. The number of imidazole rings is 1. The van der Waals surface area contributed by atoms with Gasteiger partial charge in [0.15, 0.2) is 0 Å². The molecule has 0 radical (unpaired) electrons. The molecule has 1 aromatic heterocycles. The van der Waals surface area contributed by atoms with Crippen molar-refractivity contribution in [3.05, 3.63) is 47.5 Å². The molecule has 0 amide bonds. The molecule has 78 valence electrons. The molecule has 0 spiro atoms. The van der Waals surface area contributed by atoms with Gasteiger partial charge in [0, 0.05) is 18.4 Å². The molecule has 2 rings (SSSR count). The van der Waals surface area contributed by atoms with Gasteiger partial charge in [0.05, 0.1) is 5.69 Å². The molecule has 2 aromatic rings. The summed E-state index contributed by atoms with van der Waals surface area (Å²) in [6, 6.07) is 8.34. The summed E-state index contributed by atoms with van der Waals surface area (Å²) in [5.74, 6) is 0.973. The maximum Gasteiger partial charge on any atom is 0.110 e. The standard InChI is InChI=1S/C12H15N3/c1-9-4-3-5-12(6-9)15-8-11(7-13)14-10(15)2/h3-6,8H,7,13H2,1-2H3. The van der Waals surface area contributed by atoms with Crippen LogP contribution in [0.3, 0.4) is 0 Å². The van der Waals surface area contributed by atoms with Gasteiger partial charge in [-0.15, -0.1) is 0 Å². The molecule has 0 aliphatic rings. The molecule has 0 aliphatic heterocycles. The fourth-order valence-electron chi connectivity index (χ4n) is 1.67. The summed E-state index contributed by atoms with van der Waals surface area (Å²) in [6.07, 6.45) is 1.99. The number of benzene rings is 1. The van der Waals surface area contributed by atoms with Gasteiger partial charge in [0.1, 0.15) is 5.82 Å². The van der Waals surface area contributed by atoms with Crippen molar-refractivity contribution >= 4 is 0 Å². The largest absolute Gasteiger partial charge is 0.325 e. The Labute approximate surface area is 89.6 Å². The van der Waals surface area contributed by atoms with Crippen molar-refractivity contribution in [2.45, 2.75) is 20.4 Å². The molecule has 0 saturated heterocycles. The van der Waals surface area contributed by atoms with E-state index >= 15 is 0 Å². The average molecular weight is 201 g/mol. The molecule has 0 aliphatic carbocycles. The molecule has 0 unspecified atom stereocenters. The van der Waals surface area contributed by atoms with Crippen LogP contribution in [0.5, 0.6) is 0 Å².